The maximum Gasteiger partial charge on any atom is 0.222 e. The Morgan fingerprint density at radius 2 is 2.08 bits per heavy atom. The van der Waals surface area contributed by atoms with Gasteiger partial charge in [-0.25, -0.2) is 0 Å². The third-order valence-electron chi connectivity index (χ3n) is 1.55. The van der Waals surface area contributed by atoms with E-state index >= 15 is 0 Å². The Balaban J connectivity index is 3.04. The van der Waals surface area contributed by atoms with E-state index in [-0.39, 0.29) is 5.91 Å². The van der Waals surface area contributed by atoms with Gasteiger partial charge in [-0.05, 0) is 0 Å². The van der Waals surface area contributed by atoms with Gasteiger partial charge >= 0.3 is 0 Å². The molecule has 78 valence electrons. The van der Waals surface area contributed by atoms with Crippen LogP contribution in [0.5, 0.6) is 0 Å². The van der Waals surface area contributed by atoms with E-state index in [2.05, 4.69) is 24.5 Å². The van der Waals surface area contributed by atoms with Gasteiger partial charge in [0.2, 0.25) is 5.91 Å². The van der Waals surface area contributed by atoms with Crippen LogP contribution in [0.15, 0.2) is 0 Å². The second-order valence-electron chi connectivity index (χ2n) is 3.14. The maximum atomic E-state index is 10.7. The Kier molecular flexibility index (Phi) is 7.63. The van der Waals surface area contributed by atoms with Gasteiger partial charge in [0.1, 0.15) is 0 Å². The Morgan fingerprint density at radius 3 is 2.62 bits per heavy atom. The molecule has 0 aromatic carbocycles. The fraction of sp³-hybridized carbons (Fsp3) is 0.889. The first-order valence-electron chi connectivity index (χ1n) is 4.68. The molecule has 0 aliphatic heterocycles. The molecule has 0 atom stereocenters. The summed E-state index contributed by atoms with van der Waals surface area (Å²) in [7, 11) is 1.63. The summed E-state index contributed by atoms with van der Waals surface area (Å²) in [4.78, 5) is 10.7. The average molecular weight is 188 g/mol. The summed E-state index contributed by atoms with van der Waals surface area (Å²) in [5.74, 6) is 0.0248. The molecule has 0 aromatic rings. The van der Waals surface area contributed by atoms with Crippen LogP contribution < -0.4 is 10.6 Å². The van der Waals surface area contributed by atoms with E-state index in [1.54, 1.807) is 7.05 Å². The molecule has 0 radical (unpaired) electrons. The summed E-state index contributed by atoms with van der Waals surface area (Å²) in [6, 6.07) is 0.488. The predicted molar refractivity (Wildman–Crippen MR) is 52.6 cm³/mol. The second-order valence-corrected chi connectivity index (χ2v) is 3.14. The summed E-state index contributed by atoms with van der Waals surface area (Å²) in [6.07, 6.45) is 0.443. The Labute approximate surface area is 80.0 Å². The van der Waals surface area contributed by atoms with E-state index in [0.29, 0.717) is 25.7 Å². The number of hydrogen-bond donors (Lipinski definition) is 2. The SMILES string of the molecule is CNC(=O)CCOCCNC(C)C. The van der Waals surface area contributed by atoms with Crippen LogP contribution >= 0.6 is 0 Å². The van der Waals surface area contributed by atoms with Crippen molar-refractivity contribution in [2.45, 2.75) is 26.3 Å². The summed E-state index contributed by atoms with van der Waals surface area (Å²) in [5.41, 5.74) is 0. The van der Waals surface area contributed by atoms with Crippen molar-refractivity contribution in [2.24, 2.45) is 0 Å². The van der Waals surface area contributed by atoms with Crippen molar-refractivity contribution in [2.75, 3.05) is 26.8 Å². The van der Waals surface area contributed by atoms with E-state index in [4.69, 9.17) is 4.74 Å². The topological polar surface area (TPSA) is 50.4 Å². The van der Waals surface area contributed by atoms with Crippen LogP contribution in [0.3, 0.4) is 0 Å². The highest BCUT2D eigenvalue weighted by Crippen LogP contribution is 1.82. The molecule has 4 heteroatoms. The first-order valence-corrected chi connectivity index (χ1v) is 4.68. The number of rotatable bonds is 7. The van der Waals surface area contributed by atoms with E-state index < -0.39 is 0 Å². The van der Waals surface area contributed by atoms with Crippen molar-refractivity contribution in [1.29, 1.82) is 0 Å². The molecule has 0 saturated carbocycles. The van der Waals surface area contributed by atoms with Crippen LogP contribution in [-0.2, 0) is 9.53 Å². The van der Waals surface area contributed by atoms with Gasteiger partial charge in [-0.1, -0.05) is 13.8 Å². The average Bonchev–Trinajstić information content (AvgIpc) is 2.10. The molecule has 0 aliphatic carbocycles. The van der Waals surface area contributed by atoms with E-state index in [1.807, 2.05) is 0 Å². The molecule has 0 heterocycles. The highest BCUT2D eigenvalue weighted by molar-refractivity contribution is 5.75. The molecule has 0 fully saturated rings. The van der Waals surface area contributed by atoms with Gasteiger partial charge < -0.3 is 15.4 Å². The van der Waals surface area contributed by atoms with Gasteiger partial charge in [0.05, 0.1) is 13.2 Å². The molecule has 0 unspecified atom stereocenters. The van der Waals surface area contributed by atoms with E-state index in [1.165, 1.54) is 0 Å². The fourth-order valence-electron chi connectivity index (χ4n) is 0.812. The molecule has 2 N–H and O–H groups in total. The van der Waals surface area contributed by atoms with Crippen LogP contribution in [0, 0.1) is 0 Å². The normalized spacial score (nSPS) is 10.5. The minimum atomic E-state index is 0.0248. The third-order valence-corrected chi connectivity index (χ3v) is 1.55. The second kappa shape index (κ2) is 8.01. The minimum absolute atomic E-state index is 0.0248. The van der Waals surface area contributed by atoms with Crippen molar-refractivity contribution >= 4 is 5.91 Å². The van der Waals surface area contributed by atoms with Crippen LogP contribution in [0.4, 0.5) is 0 Å². The number of hydrogen-bond acceptors (Lipinski definition) is 3. The van der Waals surface area contributed by atoms with Gasteiger partial charge in [0, 0.05) is 26.1 Å². The van der Waals surface area contributed by atoms with Crippen LogP contribution in [-0.4, -0.2) is 38.8 Å². The van der Waals surface area contributed by atoms with Crippen molar-refractivity contribution in [3.63, 3.8) is 0 Å². The Bertz CT molecular complexity index is 138. The third kappa shape index (κ3) is 9.30. The largest absolute Gasteiger partial charge is 0.380 e. The van der Waals surface area contributed by atoms with Crippen LogP contribution in [0.25, 0.3) is 0 Å². The monoisotopic (exact) mass is 188 g/mol. The van der Waals surface area contributed by atoms with Gasteiger partial charge in [0.25, 0.3) is 0 Å². The van der Waals surface area contributed by atoms with Gasteiger partial charge in [-0.15, -0.1) is 0 Å². The molecule has 0 aliphatic rings. The molecular weight excluding hydrogens is 168 g/mol. The Morgan fingerprint density at radius 1 is 1.38 bits per heavy atom. The first-order chi connectivity index (χ1) is 6.16. The number of carbonyl (C=O) groups excluding carboxylic acids is 1. The van der Waals surface area contributed by atoms with Crippen LogP contribution in [0.2, 0.25) is 0 Å². The lowest BCUT2D eigenvalue weighted by atomic mass is 10.4. The summed E-state index contributed by atoms with van der Waals surface area (Å²) in [5, 5.41) is 5.76. The summed E-state index contributed by atoms with van der Waals surface area (Å²) >= 11 is 0. The number of carbonyl (C=O) groups is 1. The summed E-state index contributed by atoms with van der Waals surface area (Å²) < 4.78 is 5.23. The standard InChI is InChI=1S/C9H20N2O2/c1-8(2)11-5-7-13-6-4-9(12)10-3/h8,11H,4-7H2,1-3H3,(H,10,12). The number of nitrogens with one attached hydrogen (secondary N) is 2. The van der Waals surface area contributed by atoms with Crippen molar-refractivity contribution in [3.05, 3.63) is 0 Å². The van der Waals surface area contributed by atoms with Crippen molar-refractivity contribution in [1.82, 2.24) is 10.6 Å². The molecule has 0 aromatic heterocycles. The van der Waals surface area contributed by atoms with Gasteiger partial charge in [-0.2, -0.15) is 0 Å². The van der Waals surface area contributed by atoms with Crippen molar-refractivity contribution < 1.29 is 9.53 Å². The quantitative estimate of drug-likeness (QED) is 0.559. The zero-order valence-corrected chi connectivity index (χ0v) is 8.72. The molecule has 0 saturated heterocycles. The van der Waals surface area contributed by atoms with E-state index in [0.717, 1.165) is 6.54 Å². The predicted octanol–water partition coefficient (Wildman–Crippen LogP) is 0.137. The number of amides is 1. The lowest BCUT2D eigenvalue weighted by Gasteiger charge is -2.07. The molecule has 13 heavy (non-hydrogen) atoms. The zero-order chi connectivity index (χ0) is 10.1. The lowest BCUT2D eigenvalue weighted by molar-refractivity contribution is -0.121. The molecule has 0 spiro atoms. The number of ether oxygens (including phenoxy) is 1. The molecule has 0 bridgehead atoms. The molecular formula is C9H20N2O2. The molecule has 1 amide bonds. The van der Waals surface area contributed by atoms with Crippen LogP contribution in [0.1, 0.15) is 20.3 Å². The van der Waals surface area contributed by atoms with E-state index in [9.17, 15) is 4.79 Å². The molecule has 4 nitrogen and oxygen atoms in total. The molecule has 0 rings (SSSR count). The first kappa shape index (κ1) is 12.4. The highest BCUT2D eigenvalue weighted by Gasteiger charge is 1.97. The van der Waals surface area contributed by atoms with Crippen molar-refractivity contribution in [3.8, 4) is 0 Å². The zero-order valence-electron chi connectivity index (χ0n) is 8.72. The fourth-order valence-corrected chi connectivity index (χ4v) is 0.812. The maximum absolute atomic E-state index is 10.7. The highest BCUT2D eigenvalue weighted by atomic mass is 16.5. The summed E-state index contributed by atoms with van der Waals surface area (Å²) in [6.45, 7) is 6.18. The lowest BCUT2D eigenvalue weighted by Crippen LogP contribution is -2.27. The van der Waals surface area contributed by atoms with Gasteiger partial charge in [0.15, 0.2) is 0 Å². The van der Waals surface area contributed by atoms with Gasteiger partial charge in [-0.3, -0.25) is 4.79 Å². The Hall–Kier alpha value is -0.610. The minimum Gasteiger partial charge on any atom is -0.380 e. The smallest absolute Gasteiger partial charge is 0.222 e.